The molecule has 6 heteroatoms. The Morgan fingerprint density at radius 3 is 2.73 bits per heavy atom. The SMILES string of the molecule is Cc1occc1S(=O)CCCc1nc(-c2ccccc2)no1. The lowest BCUT2D eigenvalue weighted by Gasteiger charge is -1.98. The van der Waals surface area contributed by atoms with Gasteiger partial charge in [-0.15, -0.1) is 0 Å². The first-order valence-corrected chi connectivity index (χ1v) is 8.36. The van der Waals surface area contributed by atoms with Crippen LogP contribution >= 0.6 is 0 Å². The van der Waals surface area contributed by atoms with Crippen molar-refractivity contribution in [1.82, 2.24) is 10.1 Å². The zero-order chi connectivity index (χ0) is 15.4. The summed E-state index contributed by atoms with van der Waals surface area (Å²) in [5.74, 6) is 2.41. The van der Waals surface area contributed by atoms with Crippen LogP contribution in [0.3, 0.4) is 0 Å². The third-order valence-electron chi connectivity index (χ3n) is 3.28. The molecule has 0 aliphatic rings. The van der Waals surface area contributed by atoms with Crippen LogP contribution in [0.15, 0.2) is 56.5 Å². The van der Waals surface area contributed by atoms with Gasteiger partial charge in [-0.2, -0.15) is 4.98 Å². The second-order valence-electron chi connectivity index (χ2n) is 4.87. The number of hydrogen-bond acceptors (Lipinski definition) is 5. The van der Waals surface area contributed by atoms with Crippen LogP contribution in [-0.4, -0.2) is 20.1 Å². The smallest absolute Gasteiger partial charge is 0.226 e. The number of furan rings is 1. The molecule has 114 valence electrons. The Balaban J connectivity index is 1.56. The van der Waals surface area contributed by atoms with E-state index in [9.17, 15) is 4.21 Å². The molecule has 1 aromatic carbocycles. The average Bonchev–Trinajstić information content (AvgIpc) is 3.17. The normalized spacial score (nSPS) is 12.4. The molecule has 3 rings (SSSR count). The fraction of sp³-hybridized carbons (Fsp3) is 0.250. The number of benzene rings is 1. The maximum absolute atomic E-state index is 12.1. The van der Waals surface area contributed by atoms with Crippen molar-refractivity contribution in [2.45, 2.75) is 24.7 Å². The molecule has 0 saturated carbocycles. The van der Waals surface area contributed by atoms with E-state index in [2.05, 4.69) is 10.1 Å². The molecular weight excluding hydrogens is 300 g/mol. The van der Waals surface area contributed by atoms with E-state index in [0.29, 0.717) is 36.1 Å². The minimum absolute atomic E-state index is 0.545. The van der Waals surface area contributed by atoms with Gasteiger partial charge in [0.1, 0.15) is 5.76 Å². The lowest BCUT2D eigenvalue weighted by atomic mass is 10.2. The number of aromatic nitrogens is 2. The maximum Gasteiger partial charge on any atom is 0.226 e. The van der Waals surface area contributed by atoms with E-state index in [4.69, 9.17) is 8.94 Å². The summed E-state index contributed by atoms with van der Waals surface area (Å²) in [7, 11) is -1.05. The number of hydrogen-bond donors (Lipinski definition) is 0. The lowest BCUT2D eigenvalue weighted by Crippen LogP contribution is -2.00. The largest absolute Gasteiger partial charge is 0.468 e. The third kappa shape index (κ3) is 3.33. The fourth-order valence-electron chi connectivity index (χ4n) is 2.13. The molecular formula is C16H16N2O3S. The summed E-state index contributed by atoms with van der Waals surface area (Å²) in [5.41, 5.74) is 0.926. The van der Waals surface area contributed by atoms with E-state index >= 15 is 0 Å². The topological polar surface area (TPSA) is 69.1 Å². The van der Waals surface area contributed by atoms with Crippen molar-refractivity contribution in [2.24, 2.45) is 0 Å². The van der Waals surface area contributed by atoms with Crippen molar-refractivity contribution in [1.29, 1.82) is 0 Å². The van der Waals surface area contributed by atoms with Gasteiger partial charge in [0.25, 0.3) is 0 Å². The third-order valence-corrected chi connectivity index (χ3v) is 4.85. The van der Waals surface area contributed by atoms with Crippen LogP contribution < -0.4 is 0 Å². The summed E-state index contributed by atoms with van der Waals surface area (Å²) < 4.78 is 22.5. The minimum Gasteiger partial charge on any atom is -0.468 e. The van der Waals surface area contributed by atoms with Crippen LogP contribution in [0.2, 0.25) is 0 Å². The number of nitrogens with zero attached hydrogens (tertiary/aromatic N) is 2. The van der Waals surface area contributed by atoms with Crippen LogP contribution in [0.4, 0.5) is 0 Å². The molecule has 2 aromatic heterocycles. The fourth-order valence-corrected chi connectivity index (χ4v) is 3.34. The first kappa shape index (κ1) is 14.7. The molecule has 0 aliphatic heterocycles. The molecule has 0 aliphatic carbocycles. The summed E-state index contributed by atoms with van der Waals surface area (Å²) >= 11 is 0. The van der Waals surface area contributed by atoms with E-state index in [1.165, 1.54) is 0 Å². The molecule has 0 radical (unpaired) electrons. The second-order valence-corrected chi connectivity index (χ2v) is 6.41. The monoisotopic (exact) mass is 316 g/mol. The van der Waals surface area contributed by atoms with Gasteiger partial charge in [0.15, 0.2) is 0 Å². The van der Waals surface area contributed by atoms with Crippen molar-refractivity contribution in [2.75, 3.05) is 5.75 Å². The van der Waals surface area contributed by atoms with Crippen molar-refractivity contribution in [3.05, 3.63) is 54.3 Å². The molecule has 0 saturated heterocycles. The molecule has 3 aromatic rings. The molecule has 1 unspecified atom stereocenters. The van der Waals surface area contributed by atoms with Crippen molar-refractivity contribution >= 4 is 10.8 Å². The van der Waals surface area contributed by atoms with Crippen molar-refractivity contribution in [3.8, 4) is 11.4 Å². The minimum atomic E-state index is -1.05. The van der Waals surface area contributed by atoms with E-state index in [-0.39, 0.29) is 0 Å². The zero-order valence-corrected chi connectivity index (χ0v) is 13.0. The highest BCUT2D eigenvalue weighted by Gasteiger charge is 2.12. The molecule has 1 atom stereocenters. The molecule has 5 nitrogen and oxygen atoms in total. The highest BCUT2D eigenvalue weighted by atomic mass is 32.2. The zero-order valence-electron chi connectivity index (χ0n) is 12.2. The molecule has 0 amide bonds. The Morgan fingerprint density at radius 2 is 2.00 bits per heavy atom. The van der Waals surface area contributed by atoms with Gasteiger partial charge < -0.3 is 8.94 Å². The van der Waals surface area contributed by atoms with Gasteiger partial charge in [0.2, 0.25) is 11.7 Å². The molecule has 0 spiro atoms. The van der Waals surface area contributed by atoms with Gasteiger partial charge in [0, 0.05) is 17.7 Å². The maximum atomic E-state index is 12.1. The van der Waals surface area contributed by atoms with Gasteiger partial charge >= 0.3 is 0 Å². The van der Waals surface area contributed by atoms with Crippen LogP contribution in [0.25, 0.3) is 11.4 Å². The van der Waals surface area contributed by atoms with Crippen LogP contribution in [0, 0.1) is 6.92 Å². The van der Waals surface area contributed by atoms with E-state index < -0.39 is 10.8 Å². The lowest BCUT2D eigenvalue weighted by molar-refractivity contribution is 0.378. The first-order chi connectivity index (χ1) is 10.7. The predicted molar refractivity (Wildman–Crippen MR) is 82.8 cm³/mol. The number of aryl methyl sites for hydroxylation is 2. The predicted octanol–water partition coefficient (Wildman–Crippen LogP) is 3.38. The summed E-state index contributed by atoms with van der Waals surface area (Å²) in [5, 5.41) is 3.97. The Labute approximate surface area is 130 Å². The van der Waals surface area contributed by atoms with Crippen molar-refractivity contribution in [3.63, 3.8) is 0 Å². The van der Waals surface area contributed by atoms with Gasteiger partial charge in [0.05, 0.1) is 22.0 Å². The quantitative estimate of drug-likeness (QED) is 0.697. The van der Waals surface area contributed by atoms with Crippen molar-refractivity contribution < 1.29 is 13.1 Å². The van der Waals surface area contributed by atoms with Gasteiger partial charge in [-0.25, -0.2) is 0 Å². The van der Waals surface area contributed by atoms with E-state index in [1.807, 2.05) is 37.3 Å². The standard InChI is InChI=1S/C16H16N2O3S/c1-12-14(9-10-20-12)22(19)11-5-8-15-17-16(18-21-15)13-6-3-2-4-7-13/h2-4,6-7,9-10H,5,8,11H2,1H3. The molecule has 2 heterocycles. The Kier molecular flexibility index (Phi) is 4.48. The molecule has 0 N–H and O–H groups in total. The highest BCUT2D eigenvalue weighted by Crippen LogP contribution is 2.17. The molecule has 0 bridgehead atoms. The second kappa shape index (κ2) is 6.70. The Bertz CT molecular complexity index is 765. The van der Waals surface area contributed by atoms with Gasteiger partial charge in [-0.05, 0) is 19.4 Å². The Morgan fingerprint density at radius 1 is 1.18 bits per heavy atom. The molecule has 0 fully saturated rings. The Hall–Kier alpha value is -2.21. The van der Waals surface area contributed by atoms with Gasteiger partial charge in [-0.1, -0.05) is 35.5 Å². The summed E-state index contributed by atoms with van der Waals surface area (Å²) in [4.78, 5) is 5.12. The highest BCUT2D eigenvalue weighted by molar-refractivity contribution is 7.85. The van der Waals surface area contributed by atoms with E-state index in [0.717, 1.165) is 10.5 Å². The summed E-state index contributed by atoms with van der Waals surface area (Å²) in [6, 6.07) is 11.4. The van der Waals surface area contributed by atoms with Crippen LogP contribution in [-0.2, 0) is 17.2 Å². The first-order valence-electron chi connectivity index (χ1n) is 7.04. The molecule has 22 heavy (non-hydrogen) atoms. The summed E-state index contributed by atoms with van der Waals surface area (Å²) in [6.07, 6.45) is 2.89. The van der Waals surface area contributed by atoms with Gasteiger partial charge in [-0.3, -0.25) is 4.21 Å². The van der Waals surface area contributed by atoms with Crippen LogP contribution in [0.5, 0.6) is 0 Å². The summed E-state index contributed by atoms with van der Waals surface area (Å²) in [6.45, 7) is 1.82. The average molecular weight is 316 g/mol. The van der Waals surface area contributed by atoms with E-state index in [1.54, 1.807) is 12.3 Å². The van der Waals surface area contributed by atoms with Crippen LogP contribution in [0.1, 0.15) is 18.1 Å². The number of rotatable bonds is 6.